The van der Waals surface area contributed by atoms with Gasteiger partial charge in [0.2, 0.25) is 0 Å². The van der Waals surface area contributed by atoms with E-state index in [4.69, 9.17) is 0 Å². The van der Waals surface area contributed by atoms with E-state index in [1.807, 2.05) is 20.8 Å². The van der Waals surface area contributed by atoms with Crippen molar-refractivity contribution in [1.29, 1.82) is 5.26 Å². The van der Waals surface area contributed by atoms with Gasteiger partial charge in [0.05, 0.1) is 41.1 Å². The highest BCUT2D eigenvalue weighted by Crippen LogP contribution is 2.25. The number of nitrogens with zero attached hydrogens (tertiary/aromatic N) is 6. The summed E-state index contributed by atoms with van der Waals surface area (Å²) in [6.45, 7) is 15.2. The molecule has 2 aromatic heterocycles. The number of hydrogen-bond acceptors (Lipinski definition) is 7. The monoisotopic (exact) mass is 502 g/mol. The quantitative estimate of drug-likeness (QED) is 0.458. The van der Waals surface area contributed by atoms with E-state index < -0.39 is 0 Å². The Hall–Kier alpha value is -4.10. The molecule has 0 atom stereocenters. The Morgan fingerprint density at radius 3 is 2.49 bits per heavy atom. The molecule has 0 radical (unpaired) electrons. The Kier molecular flexibility index (Phi) is 8.73. The van der Waals surface area contributed by atoms with Crippen molar-refractivity contribution in [3.05, 3.63) is 64.7 Å². The summed E-state index contributed by atoms with van der Waals surface area (Å²) in [4.78, 5) is 32.1. The molecular formula is C27H34N8O2. The molecular weight excluding hydrogens is 468 g/mol. The summed E-state index contributed by atoms with van der Waals surface area (Å²) < 4.78 is 1.46. The normalized spacial score (nSPS) is 11.3. The van der Waals surface area contributed by atoms with Crippen LogP contribution in [0.1, 0.15) is 72.3 Å². The van der Waals surface area contributed by atoms with Crippen LogP contribution in [0.2, 0.25) is 0 Å². The van der Waals surface area contributed by atoms with Gasteiger partial charge in [-0.25, -0.2) is 4.68 Å². The fourth-order valence-corrected chi connectivity index (χ4v) is 3.72. The first kappa shape index (κ1) is 27.5. The number of benzene rings is 1. The molecule has 0 fully saturated rings. The van der Waals surface area contributed by atoms with Crippen LogP contribution < -0.4 is 10.6 Å². The zero-order valence-electron chi connectivity index (χ0n) is 22.3. The predicted molar refractivity (Wildman–Crippen MR) is 142 cm³/mol. The van der Waals surface area contributed by atoms with Gasteiger partial charge in [0.1, 0.15) is 0 Å². The van der Waals surface area contributed by atoms with Crippen molar-refractivity contribution in [3.8, 4) is 11.8 Å². The highest BCUT2D eigenvalue weighted by atomic mass is 16.2. The summed E-state index contributed by atoms with van der Waals surface area (Å²) >= 11 is 0. The highest BCUT2D eigenvalue weighted by Gasteiger charge is 2.19. The van der Waals surface area contributed by atoms with E-state index in [1.165, 1.54) is 10.9 Å². The van der Waals surface area contributed by atoms with Crippen molar-refractivity contribution in [2.45, 2.75) is 47.0 Å². The fraction of sp³-hybridized carbons (Fsp3) is 0.407. The zero-order valence-corrected chi connectivity index (χ0v) is 22.3. The predicted octanol–water partition coefficient (Wildman–Crippen LogP) is 3.46. The topological polar surface area (TPSA) is 129 Å². The van der Waals surface area contributed by atoms with E-state index in [0.717, 1.165) is 25.2 Å². The number of hydrogen-bond donors (Lipinski definition) is 2. The molecule has 3 rings (SSSR count). The third-order valence-corrected chi connectivity index (χ3v) is 6.09. The van der Waals surface area contributed by atoms with Crippen LogP contribution in [0.4, 0.5) is 5.69 Å². The lowest BCUT2D eigenvalue weighted by molar-refractivity contribution is 0.0943. The third kappa shape index (κ3) is 6.98. The van der Waals surface area contributed by atoms with Gasteiger partial charge in [0, 0.05) is 18.7 Å². The largest absolute Gasteiger partial charge is 0.349 e. The second-order valence-corrected chi connectivity index (χ2v) is 9.77. The van der Waals surface area contributed by atoms with Gasteiger partial charge in [0.15, 0.2) is 5.69 Å². The number of aryl methyl sites for hydroxylation is 1. The molecule has 2 heterocycles. The van der Waals surface area contributed by atoms with Gasteiger partial charge in [-0.05, 0) is 55.3 Å². The summed E-state index contributed by atoms with van der Waals surface area (Å²) in [5, 5.41) is 23.2. The molecule has 3 aromatic rings. The van der Waals surface area contributed by atoms with Crippen molar-refractivity contribution in [1.82, 2.24) is 30.2 Å². The number of nitrogens with one attached hydrogen (secondary N) is 2. The number of nitriles is 1. The first-order chi connectivity index (χ1) is 17.5. The lowest BCUT2D eigenvalue weighted by Crippen LogP contribution is -2.34. The van der Waals surface area contributed by atoms with Crippen molar-refractivity contribution in [2.24, 2.45) is 0 Å². The van der Waals surface area contributed by atoms with Gasteiger partial charge in [0.25, 0.3) is 11.8 Å². The number of carbonyl (C=O) groups is 2. The summed E-state index contributed by atoms with van der Waals surface area (Å²) in [6, 6.07) is 9.00. The molecule has 1 aromatic carbocycles. The van der Waals surface area contributed by atoms with Crippen LogP contribution in [-0.4, -0.2) is 62.9 Å². The minimum Gasteiger partial charge on any atom is -0.349 e. The Morgan fingerprint density at radius 1 is 1.11 bits per heavy atom. The van der Waals surface area contributed by atoms with Crippen LogP contribution in [0.25, 0.3) is 5.69 Å². The fourth-order valence-electron chi connectivity index (χ4n) is 3.72. The molecule has 0 aliphatic heterocycles. The molecule has 0 bridgehead atoms. The number of pyridine rings is 1. The average Bonchev–Trinajstić information content (AvgIpc) is 3.37. The third-order valence-electron chi connectivity index (χ3n) is 6.09. The maximum absolute atomic E-state index is 13.0. The van der Waals surface area contributed by atoms with E-state index in [2.05, 4.69) is 50.7 Å². The molecule has 10 heteroatoms. The molecule has 37 heavy (non-hydrogen) atoms. The molecule has 0 saturated carbocycles. The number of likely N-dealkylation sites (N-methyl/N-ethyl adjacent to an activating group) is 1. The van der Waals surface area contributed by atoms with Crippen LogP contribution in [0.3, 0.4) is 0 Å². The molecule has 0 unspecified atom stereocenters. The van der Waals surface area contributed by atoms with Gasteiger partial charge in [-0.3, -0.25) is 14.6 Å². The van der Waals surface area contributed by atoms with Crippen molar-refractivity contribution in [3.63, 3.8) is 0 Å². The van der Waals surface area contributed by atoms with E-state index in [0.29, 0.717) is 34.7 Å². The van der Waals surface area contributed by atoms with Crippen LogP contribution in [-0.2, 0) is 5.41 Å². The molecule has 194 valence electrons. The van der Waals surface area contributed by atoms with Crippen LogP contribution in [0.15, 0.2) is 36.7 Å². The van der Waals surface area contributed by atoms with Crippen LogP contribution >= 0.6 is 0 Å². The lowest BCUT2D eigenvalue weighted by atomic mass is 9.85. The molecule has 2 N–H and O–H groups in total. The van der Waals surface area contributed by atoms with E-state index in [-0.39, 0.29) is 22.9 Å². The van der Waals surface area contributed by atoms with Gasteiger partial charge in [-0.15, -0.1) is 5.10 Å². The number of rotatable bonds is 9. The number of amides is 2. The average molecular weight is 503 g/mol. The lowest BCUT2D eigenvalue weighted by Gasteiger charge is -2.20. The molecule has 10 nitrogen and oxygen atoms in total. The van der Waals surface area contributed by atoms with Gasteiger partial charge < -0.3 is 15.5 Å². The summed E-state index contributed by atoms with van der Waals surface area (Å²) in [5.41, 5.74) is 3.35. The Balaban J connectivity index is 1.77. The first-order valence-electron chi connectivity index (χ1n) is 12.3. The maximum Gasteiger partial charge on any atom is 0.273 e. The van der Waals surface area contributed by atoms with Gasteiger partial charge >= 0.3 is 0 Å². The molecule has 0 aliphatic carbocycles. The summed E-state index contributed by atoms with van der Waals surface area (Å²) in [5.74, 6) is -0.661. The zero-order chi connectivity index (χ0) is 27.2. The molecule has 0 spiro atoms. The van der Waals surface area contributed by atoms with E-state index in [1.54, 1.807) is 37.4 Å². The van der Waals surface area contributed by atoms with Crippen molar-refractivity contribution < 1.29 is 9.59 Å². The maximum atomic E-state index is 13.0. The Labute approximate surface area is 217 Å². The molecule has 0 aliphatic rings. The highest BCUT2D eigenvalue weighted by molar-refractivity contribution is 6.04. The van der Waals surface area contributed by atoms with Gasteiger partial charge in [-0.1, -0.05) is 39.8 Å². The number of aromatic nitrogens is 4. The van der Waals surface area contributed by atoms with Crippen molar-refractivity contribution >= 4 is 17.5 Å². The van der Waals surface area contributed by atoms with Crippen LogP contribution in [0.5, 0.6) is 0 Å². The molecule has 0 saturated heterocycles. The SMILES string of the molecule is CCN(CC)CCNC(=O)c1cn(-c2cc(NC(=O)c3cc(C#N)cc(C(C)(C)C)c3)cnc2C)nn1. The standard InChI is InChI=1S/C27H34N8O2/c1-7-34(8-2)10-9-29-26(37)23-17-35(33-32-23)24-14-22(16-30-18(24)3)31-25(36)20-11-19(15-28)12-21(13-20)27(4,5)6/h11-14,16-17H,7-10H2,1-6H3,(H,29,37)(H,31,36). The second kappa shape index (κ2) is 11.8. The first-order valence-corrected chi connectivity index (χ1v) is 12.3. The Bertz CT molecular complexity index is 1310. The number of carbonyl (C=O) groups excluding carboxylic acids is 2. The number of anilines is 1. The minimum atomic E-state index is -0.355. The minimum absolute atomic E-state index is 0.191. The van der Waals surface area contributed by atoms with E-state index >= 15 is 0 Å². The molecule has 2 amide bonds. The second-order valence-electron chi connectivity index (χ2n) is 9.77. The van der Waals surface area contributed by atoms with Crippen LogP contribution in [0, 0.1) is 18.3 Å². The Morgan fingerprint density at radius 2 is 1.84 bits per heavy atom. The van der Waals surface area contributed by atoms with Gasteiger partial charge in [-0.2, -0.15) is 5.26 Å². The summed E-state index contributed by atoms with van der Waals surface area (Å²) in [7, 11) is 0. The summed E-state index contributed by atoms with van der Waals surface area (Å²) in [6.07, 6.45) is 3.08. The smallest absolute Gasteiger partial charge is 0.273 e. The van der Waals surface area contributed by atoms with Crippen molar-refractivity contribution in [2.75, 3.05) is 31.5 Å². The van der Waals surface area contributed by atoms with E-state index in [9.17, 15) is 14.9 Å².